The highest BCUT2D eigenvalue weighted by Gasteiger charge is 2.07. The molecule has 2 heterocycles. The summed E-state index contributed by atoms with van der Waals surface area (Å²) in [6.07, 6.45) is 4.31. The van der Waals surface area contributed by atoms with E-state index in [0.29, 0.717) is 12.2 Å². The average molecular weight is 236 g/mol. The van der Waals surface area contributed by atoms with E-state index in [1.165, 1.54) is 0 Å². The van der Waals surface area contributed by atoms with Gasteiger partial charge in [-0.25, -0.2) is 0 Å². The lowest BCUT2D eigenvalue weighted by molar-refractivity contribution is 0.961. The van der Waals surface area contributed by atoms with E-state index < -0.39 is 0 Å². The van der Waals surface area contributed by atoms with Crippen LogP contribution in [0.3, 0.4) is 0 Å². The molecule has 3 rings (SSSR count). The highest BCUT2D eigenvalue weighted by atomic mass is 15.1. The van der Waals surface area contributed by atoms with Crippen molar-refractivity contribution in [3.05, 3.63) is 60.0 Å². The van der Waals surface area contributed by atoms with Gasteiger partial charge in [0, 0.05) is 29.6 Å². The Morgan fingerprint density at radius 1 is 0.944 bits per heavy atom. The average Bonchev–Trinajstić information content (AvgIpc) is 2.44. The molecule has 18 heavy (non-hydrogen) atoms. The van der Waals surface area contributed by atoms with Crippen LogP contribution in [0.2, 0.25) is 0 Å². The summed E-state index contributed by atoms with van der Waals surface area (Å²) in [4.78, 5) is 4.11. The van der Waals surface area contributed by atoms with Gasteiger partial charge in [0.1, 0.15) is 0 Å². The Kier molecular flexibility index (Phi) is 2.61. The fourth-order valence-corrected chi connectivity index (χ4v) is 2.01. The first kappa shape index (κ1) is 10.7. The second-order valence-corrected chi connectivity index (χ2v) is 4.12. The molecule has 2 aromatic heterocycles. The lowest BCUT2D eigenvalue weighted by atomic mass is 10.1. The highest BCUT2D eigenvalue weighted by Crippen LogP contribution is 2.22. The Bertz CT molecular complexity index is 680. The van der Waals surface area contributed by atoms with Crippen LogP contribution in [0.5, 0.6) is 0 Å². The Morgan fingerprint density at radius 2 is 1.78 bits per heavy atom. The highest BCUT2D eigenvalue weighted by molar-refractivity contribution is 5.92. The number of hydrogen-bond acceptors (Lipinski definition) is 4. The van der Waals surface area contributed by atoms with E-state index in [4.69, 9.17) is 5.73 Å². The molecule has 0 saturated carbocycles. The summed E-state index contributed by atoms with van der Waals surface area (Å²) in [7, 11) is 0. The van der Waals surface area contributed by atoms with Gasteiger partial charge < -0.3 is 5.73 Å². The molecule has 0 radical (unpaired) electrons. The van der Waals surface area contributed by atoms with Crippen molar-refractivity contribution in [2.24, 2.45) is 0 Å². The summed E-state index contributed by atoms with van der Waals surface area (Å²) in [5, 5.41) is 10.2. The van der Waals surface area contributed by atoms with Crippen molar-refractivity contribution in [1.82, 2.24) is 15.2 Å². The quantitative estimate of drug-likeness (QED) is 0.740. The molecule has 0 aliphatic carbocycles. The predicted octanol–water partition coefficient (Wildman–Crippen LogP) is 2.20. The summed E-state index contributed by atoms with van der Waals surface area (Å²) in [5.41, 5.74) is 7.87. The smallest absolute Gasteiger partial charge is 0.153 e. The second kappa shape index (κ2) is 4.41. The molecule has 4 nitrogen and oxygen atoms in total. The first-order valence-corrected chi connectivity index (χ1v) is 5.73. The minimum Gasteiger partial charge on any atom is -0.382 e. The van der Waals surface area contributed by atoms with Gasteiger partial charge in [0.05, 0.1) is 5.69 Å². The zero-order chi connectivity index (χ0) is 12.4. The summed E-state index contributed by atoms with van der Waals surface area (Å²) in [5.74, 6) is 0.473. The van der Waals surface area contributed by atoms with Gasteiger partial charge in [-0.1, -0.05) is 30.3 Å². The molecule has 0 aliphatic rings. The monoisotopic (exact) mass is 236 g/mol. The normalized spacial score (nSPS) is 10.7. The summed E-state index contributed by atoms with van der Waals surface area (Å²) in [6.45, 7) is 0. The molecule has 0 atom stereocenters. The number of nitrogen functional groups attached to an aromatic ring is 1. The molecule has 3 aromatic rings. The minimum absolute atomic E-state index is 0.473. The zero-order valence-electron chi connectivity index (χ0n) is 9.74. The van der Waals surface area contributed by atoms with Crippen molar-refractivity contribution in [3.8, 4) is 0 Å². The SMILES string of the molecule is Nc1nnc(Cc2cccnc2)c2ccccc12. The minimum atomic E-state index is 0.473. The molecule has 0 aliphatic heterocycles. The largest absolute Gasteiger partial charge is 0.382 e. The molecule has 0 unspecified atom stereocenters. The summed E-state index contributed by atoms with van der Waals surface area (Å²) >= 11 is 0. The lowest BCUT2D eigenvalue weighted by Crippen LogP contribution is -2.01. The van der Waals surface area contributed by atoms with Crippen LogP contribution in [-0.4, -0.2) is 15.2 Å². The Balaban J connectivity index is 2.10. The maximum Gasteiger partial charge on any atom is 0.153 e. The molecule has 0 spiro atoms. The van der Waals surface area contributed by atoms with Crippen molar-refractivity contribution >= 4 is 16.6 Å². The van der Waals surface area contributed by atoms with E-state index in [-0.39, 0.29) is 0 Å². The van der Waals surface area contributed by atoms with Gasteiger partial charge >= 0.3 is 0 Å². The van der Waals surface area contributed by atoms with Crippen molar-refractivity contribution in [3.63, 3.8) is 0 Å². The van der Waals surface area contributed by atoms with Crippen molar-refractivity contribution in [2.45, 2.75) is 6.42 Å². The van der Waals surface area contributed by atoms with Gasteiger partial charge in [-0.3, -0.25) is 4.98 Å². The number of anilines is 1. The summed E-state index contributed by atoms with van der Waals surface area (Å²) in [6, 6.07) is 11.9. The van der Waals surface area contributed by atoms with Crippen LogP contribution >= 0.6 is 0 Å². The van der Waals surface area contributed by atoms with Crippen LogP contribution in [0.1, 0.15) is 11.3 Å². The molecule has 1 aromatic carbocycles. The van der Waals surface area contributed by atoms with Crippen LogP contribution in [0.4, 0.5) is 5.82 Å². The molecule has 0 bridgehead atoms. The van der Waals surface area contributed by atoms with E-state index in [9.17, 15) is 0 Å². The van der Waals surface area contributed by atoms with Crippen molar-refractivity contribution < 1.29 is 0 Å². The second-order valence-electron chi connectivity index (χ2n) is 4.12. The molecule has 0 amide bonds. The molecule has 88 valence electrons. The van der Waals surface area contributed by atoms with Gasteiger partial charge in [0.2, 0.25) is 0 Å². The topological polar surface area (TPSA) is 64.7 Å². The third kappa shape index (κ3) is 1.88. The van der Waals surface area contributed by atoms with Crippen LogP contribution in [-0.2, 0) is 6.42 Å². The first-order valence-electron chi connectivity index (χ1n) is 5.73. The number of pyridine rings is 1. The molecular formula is C14H12N4. The zero-order valence-corrected chi connectivity index (χ0v) is 9.74. The van der Waals surface area contributed by atoms with E-state index in [2.05, 4.69) is 15.2 Å². The summed E-state index contributed by atoms with van der Waals surface area (Å²) < 4.78 is 0. The third-order valence-corrected chi connectivity index (χ3v) is 2.89. The number of fused-ring (bicyclic) bond motifs is 1. The number of aromatic nitrogens is 3. The lowest BCUT2D eigenvalue weighted by Gasteiger charge is -2.06. The van der Waals surface area contributed by atoms with Gasteiger partial charge in [-0.15, -0.1) is 5.10 Å². The fourth-order valence-electron chi connectivity index (χ4n) is 2.01. The van der Waals surface area contributed by atoms with Crippen LogP contribution in [0.25, 0.3) is 10.8 Å². The Labute approximate surface area is 105 Å². The van der Waals surface area contributed by atoms with Gasteiger partial charge in [0.15, 0.2) is 5.82 Å². The maximum absolute atomic E-state index is 5.83. The molecular weight excluding hydrogens is 224 g/mol. The molecule has 0 saturated heterocycles. The van der Waals surface area contributed by atoms with Crippen molar-refractivity contribution in [2.75, 3.05) is 5.73 Å². The maximum atomic E-state index is 5.83. The van der Waals surface area contributed by atoms with E-state index >= 15 is 0 Å². The first-order chi connectivity index (χ1) is 8.84. The Hall–Kier alpha value is -2.49. The predicted molar refractivity (Wildman–Crippen MR) is 71.0 cm³/mol. The standard InChI is InChI=1S/C14H12N4/c15-14-12-6-2-1-5-11(12)13(17-18-14)8-10-4-3-7-16-9-10/h1-7,9H,8H2,(H2,15,18). The Morgan fingerprint density at radius 3 is 2.56 bits per heavy atom. The molecule has 4 heteroatoms. The molecule has 2 N–H and O–H groups in total. The molecule has 0 fully saturated rings. The van der Waals surface area contributed by atoms with E-state index in [0.717, 1.165) is 22.0 Å². The van der Waals surface area contributed by atoms with Crippen LogP contribution in [0, 0.1) is 0 Å². The number of nitrogens with zero attached hydrogens (tertiary/aromatic N) is 3. The van der Waals surface area contributed by atoms with Crippen molar-refractivity contribution in [1.29, 1.82) is 0 Å². The number of nitrogens with two attached hydrogens (primary N) is 1. The number of rotatable bonds is 2. The van der Waals surface area contributed by atoms with Gasteiger partial charge in [0.25, 0.3) is 0 Å². The fraction of sp³-hybridized carbons (Fsp3) is 0.0714. The van der Waals surface area contributed by atoms with Crippen LogP contribution in [0.15, 0.2) is 48.8 Å². The van der Waals surface area contributed by atoms with Crippen LogP contribution < -0.4 is 5.73 Å². The third-order valence-electron chi connectivity index (χ3n) is 2.89. The number of hydrogen-bond donors (Lipinski definition) is 1. The van der Waals surface area contributed by atoms with E-state index in [1.54, 1.807) is 6.20 Å². The number of benzene rings is 1. The van der Waals surface area contributed by atoms with Gasteiger partial charge in [-0.2, -0.15) is 5.10 Å². The van der Waals surface area contributed by atoms with Gasteiger partial charge in [-0.05, 0) is 11.6 Å². The van der Waals surface area contributed by atoms with E-state index in [1.807, 2.05) is 42.6 Å².